The lowest BCUT2D eigenvalue weighted by Gasteiger charge is -2.32. The first-order valence-corrected chi connectivity index (χ1v) is 8.62. The third-order valence-electron chi connectivity index (χ3n) is 2.52. The third-order valence-corrected chi connectivity index (χ3v) is 5.77. The summed E-state index contributed by atoms with van der Waals surface area (Å²) in [6, 6.07) is 0. The zero-order valence-corrected chi connectivity index (χ0v) is 15.6. The second-order valence-corrected chi connectivity index (χ2v) is 11.2. The lowest BCUT2D eigenvalue weighted by molar-refractivity contribution is -0.119. The van der Waals surface area contributed by atoms with Crippen molar-refractivity contribution in [3.05, 3.63) is 0 Å². The molecule has 0 aromatic heterocycles. The van der Waals surface area contributed by atoms with Crippen molar-refractivity contribution in [3.8, 4) is 0 Å². The Morgan fingerprint density at radius 2 is 1.58 bits per heavy atom. The van der Waals surface area contributed by atoms with Gasteiger partial charge >= 0.3 is 0 Å². The first-order chi connectivity index (χ1) is 8.25. The Kier molecular flexibility index (Phi) is 6.90. The van der Waals surface area contributed by atoms with Crippen LogP contribution in [-0.4, -0.2) is 19.9 Å². The summed E-state index contributed by atoms with van der Waals surface area (Å²) >= 11 is 8.39. The van der Waals surface area contributed by atoms with Crippen molar-refractivity contribution in [3.63, 3.8) is 0 Å². The first kappa shape index (κ1) is 19.3. The fourth-order valence-electron chi connectivity index (χ4n) is 2.03. The molecule has 0 fully saturated rings. The van der Waals surface area contributed by atoms with Gasteiger partial charge in [0.25, 0.3) is 0 Å². The molecular formula is C14H27NOS3. The quantitative estimate of drug-likeness (QED) is 0.759. The van der Waals surface area contributed by atoms with Crippen LogP contribution in [0.15, 0.2) is 0 Å². The minimum atomic E-state index is -0.627. The standard InChI is InChI=1S/C14H27NOS3/c1-12(2,3)8-13(4,5)9-18-11(17)19-14(6,7)10(15)16/h8-9H2,1-7H3,(H2,15,16). The zero-order chi connectivity index (χ0) is 15.5. The largest absolute Gasteiger partial charge is 0.368 e. The van der Waals surface area contributed by atoms with E-state index < -0.39 is 4.75 Å². The van der Waals surface area contributed by atoms with Gasteiger partial charge in [0.15, 0.2) is 0 Å². The Morgan fingerprint density at radius 1 is 1.11 bits per heavy atom. The predicted molar refractivity (Wildman–Crippen MR) is 93.8 cm³/mol. The molecule has 0 radical (unpaired) electrons. The number of thiocarbonyl (C=S) groups is 1. The van der Waals surface area contributed by atoms with E-state index in [4.69, 9.17) is 18.0 Å². The van der Waals surface area contributed by atoms with E-state index in [-0.39, 0.29) is 11.3 Å². The van der Waals surface area contributed by atoms with E-state index in [1.807, 2.05) is 13.8 Å². The number of rotatable bonds is 5. The van der Waals surface area contributed by atoms with E-state index >= 15 is 0 Å². The number of carbonyl (C=O) groups is 1. The van der Waals surface area contributed by atoms with Gasteiger partial charge in [0.2, 0.25) is 5.91 Å². The van der Waals surface area contributed by atoms with E-state index in [0.29, 0.717) is 5.41 Å². The van der Waals surface area contributed by atoms with E-state index in [1.165, 1.54) is 11.8 Å². The Hall–Kier alpha value is 0.260. The molecule has 0 heterocycles. The van der Waals surface area contributed by atoms with Gasteiger partial charge in [0.05, 0.1) is 4.75 Å². The molecule has 0 rings (SSSR count). The van der Waals surface area contributed by atoms with Crippen molar-refractivity contribution >= 4 is 45.2 Å². The average Bonchev–Trinajstić information content (AvgIpc) is 2.10. The average molecular weight is 322 g/mol. The summed E-state index contributed by atoms with van der Waals surface area (Å²) in [6.07, 6.45) is 1.14. The summed E-state index contributed by atoms with van der Waals surface area (Å²) in [5, 5.41) is 0. The van der Waals surface area contributed by atoms with Crippen molar-refractivity contribution in [2.45, 2.75) is 59.6 Å². The summed E-state index contributed by atoms with van der Waals surface area (Å²) in [6.45, 7) is 14.9. The minimum Gasteiger partial charge on any atom is -0.368 e. The van der Waals surface area contributed by atoms with Crippen LogP contribution in [0.5, 0.6) is 0 Å². The van der Waals surface area contributed by atoms with Crippen LogP contribution < -0.4 is 5.73 Å². The summed E-state index contributed by atoms with van der Waals surface area (Å²) in [4.78, 5) is 11.3. The first-order valence-electron chi connectivity index (χ1n) is 6.41. The fourth-order valence-corrected chi connectivity index (χ4v) is 5.00. The number of amides is 1. The maximum absolute atomic E-state index is 11.3. The lowest BCUT2D eigenvalue weighted by Crippen LogP contribution is -2.35. The van der Waals surface area contributed by atoms with Crippen molar-refractivity contribution in [2.75, 3.05) is 5.75 Å². The third kappa shape index (κ3) is 8.92. The second kappa shape index (κ2) is 6.81. The normalized spacial score (nSPS) is 13.4. The van der Waals surface area contributed by atoms with Crippen LogP contribution in [0.25, 0.3) is 0 Å². The molecule has 1 amide bonds. The number of nitrogens with two attached hydrogens (primary N) is 1. The van der Waals surface area contributed by atoms with Crippen LogP contribution in [0.3, 0.4) is 0 Å². The highest BCUT2D eigenvalue weighted by atomic mass is 32.2. The van der Waals surface area contributed by atoms with E-state index in [9.17, 15) is 4.79 Å². The molecular weight excluding hydrogens is 294 g/mol. The summed E-state index contributed by atoms with van der Waals surface area (Å²) in [5.41, 5.74) is 5.89. The van der Waals surface area contributed by atoms with Crippen molar-refractivity contribution in [1.29, 1.82) is 0 Å². The highest BCUT2D eigenvalue weighted by molar-refractivity contribution is 8.47. The van der Waals surface area contributed by atoms with E-state index in [2.05, 4.69) is 34.6 Å². The molecule has 0 aliphatic rings. The molecule has 0 bridgehead atoms. The molecule has 0 aliphatic heterocycles. The lowest BCUT2D eigenvalue weighted by atomic mass is 9.77. The molecule has 19 heavy (non-hydrogen) atoms. The van der Waals surface area contributed by atoms with E-state index in [1.54, 1.807) is 11.8 Å². The highest BCUT2D eigenvalue weighted by Gasteiger charge is 2.30. The van der Waals surface area contributed by atoms with Gasteiger partial charge in [-0.1, -0.05) is 58.6 Å². The molecule has 0 saturated heterocycles. The fraction of sp³-hybridized carbons (Fsp3) is 0.857. The second-order valence-electron chi connectivity index (χ2n) is 7.42. The Morgan fingerprint density at radius 3 is 1.95 bits per heavy atom. The van der Waals surface area contributed by atoms with Gasteiger partial charge in [-0.25, -0.2) is 0 Å². The Labute approximate surface area is 132 Å². The topological polar surface area (TPSA) is 43.1 Å². The molecule has 5 heteroatoms. The molecule has 2 nitrogen and oxygen atoms in total. The SMILES string of the molecule is CC(C)(C)CC(C)(C)CSC(=S)SC(C)(C)C(N)=O. The van der Waals surface area contributed by atoms with Crippen LogP contribution in [0.1, 0.15) is 54.9 Å². The van der Waals surface area contributed by atoms with E-state index in [0.717, 1.165) is 15.7 Å². The number of thioether (sulfide) groups is 2. The van der Waals surface area contributed by atoms with Gasteiger partial charge in [-0.3, -0.25) is 4.79 Å². The highest BCUT2D eigenvalue weighted by Crippen LogP contribution is 2.38. The Bertz CT molecular complexity index is 343. The smallest absolute Gasteiger partial charge is 0.233 e. The molecule has 0 aromatic rings. The molecule has 0 aliphatic carbocycles. The number of primary amides is 1. The molecule has 112 valence electrons. The van der Waals surface area contributed by atoms with Gasteiger partial charge < -0.3 is 5.73 Å². The van der Waals surface area contributed by atoms with Crippen LogP contribution >= 0.6 is 35.7 Å². The summed E-state index contributed by atoms with van der Waals surface area (Å²) in [5.74, 6) is 0.639. The van der Waals surface area contributed by atoms with Crippen molar-refractivity contribution in [2.24, 2.45) is 16.6 Å². The van der Waals surface area contributed by atoms with Gasteiger partial charge in [-0.2, -0.15) is 0 Å². The molecule has 0 saturated carbocycles. The van der Waals surface area contributed by atoms with Crippen molar-refractivity contribution in [1.82, 2.24) is 0 Å². The van der Waals surface area contributed by atoms with Crippen LogP contribution in [-0.2, 0) is 4.79 Å². The maximum atomic E-state index is 11.3. The molecule has 0 atom stereocenters. The summed E-state index contributed by atoms with van der Waals surface area (Å²) in [7, 11) is 0. The molecule has 0 unspecified atom stereocenters. The number of carbonyl (C=O) groups excluding carboxylic acids is 1. The number of hydrogen-bond acceptors (Lipinski definition) is 4. The molecule has 2 N–H and O–H groups in total. The monoisotopic (exact) mass is 321 g/mol. The van der Waals surface area contributed by atoms with Crippen LogP contribution in [0.4, 0.5) is 0 Å². The van der Waals surface area contributed by atoms with Gasteiger partial charge in [0, 0.05) is 5.75 Å². The van der Waals surface area contributed by atoms with Crippen molar-refractivity contribution < 1.29 is 4.79 Å². The van der Waals surface area contributed by atoms with Gasteiger partial charge in [0.1, 0.15) is 3.53 Å². The van der Waals surface area contributed by atoms with Crippen LogP contribution in [0, 0.1) is 10.8 Å². The molecule has 0 spiro atoms. The number of hydrogen-bond donors (Lipinski definition) is 1. The minimum absolute atomic E-state index is 0.227. The van der Waals surface area contributed by atoms with Gasteiger partial charge in [-0.05, 0) is 31.1 Å². The predicted octanol–water partition coefficient (Wildman–Crippen LogP) is 4.46. The zero-order valence-electron chi connectivity index (χ0n) is 13.1. The van der Waals surface area contributed by atoms with Gasteiger partial charge in [-0.15, -0.1) is 11.8 Å². The Balaban J connectivity index is 4.34. The maximum Gasteiger partial charge on any atom is 0.233 e. The van der Waals surface area contributed by atoms with Crippen LogP contribution in [0.2, 0.25) is 0 Å². The molecule has 0 aromatic carbocycles. The summed E-state index contributed by atoms with van der Waals surface area (Å²) < 4.78 is 0.170.